The number of carbonyl (C=O) groups is 2. The predicted octanol–water partition coefficient (Wildman–Crippen LogP) is 5.57. The largest absolute Gasteiger partial charge is 0.416 e. The van der Waals surface area contributed by atoms with Gasteiger partial charge < -0.3 is 9.80 Å². The van der Waals surface area contributed by atoms with Gasteiger partial charge in [0.15, 0.2) is 0 Å². The second-order valence-corrected chi connectivity index (χ2v) is 9.88. The molecule has 0 N–H and O–H groups in total. The SMILES string of the molecule is O=C1CS[C@H](c2cccc(C(F)(F)F)c2)N1CCN1C(=O)CS[C@@H]1c1cccc(C(F)(F)F)c1. The van der Waals surface area contributed by atoms with E-state index in [1.807, 2.05) is 0 Å². The minimum atomic E-state index is -4.52. The highest BCUT2D eigenvalue weighted by Crippen LogP contribution is 2.43. The van der Waals surface area contributed by atoms with Gasteiger partial charge in [-0.05, 0) is 35.4 Å². The minimum Gasteiger partial charge on any atom is -0.324 e. The van der Waals surface area contributed by atoms with Crippen LogP contribution in [0.4, 0.5) is 26.3 Å². The lowest BCUT2D eigenvalue weighted by Gasteiger charge is -2.30. The molecule has 2 fully saturated rings. The van der Waals surface area contributed by atoms with Gasteiger partial charge in [-0.15, -0.1) is 23.5 Å². The van der Waals surface area contributed by atoms with Crippen molar-refractivity contribution in [3.05, 3.63) is 70.8 Å². The van der Waals surface area contributed by atoms with E-state index in [-0.39, 0.29) is 36.4 Å². The maximum absolute atomic E-state index is 13.1. The summed E-state index contributed by atoms with van der Waals surface area (Å²) >= 11 is 2.38. The third-order valence-electron chi connectivity index (χ3n) is 5.52. The molecule has 4 rings (SSSR count). The molecule has 2 amide bonds. The van der Waals surface area contributed by atoms with Crippen LogP contribution in [0.5, 0.6) is 0 Å². The molecule has 2 heterocycles. The maximum Gasteiger partial charge on any atom is 0.416 e. The molecule has 2 aromatic carbocycles. The Kier molecular flexibility index (Phi) is 6.83. The van der Waals surface area contributed by atoms with E-state index in [9.17, 15) is 35.9 Å². The van der Waals surface area contributed by atoms with Gasteiger partial charge in [-0.3, -0.25) is 9.59 Å². The molecule has 34 heavy (non-hydrogen) atoms. The Morgan fingerprint density at radius 2 is 1.09 bits per heavy atom. The van der Waals surface area contributed by atoms with Crippen LogP contribution in [-0.2, 0) is 21.9 Å². The van der Waals surface area contributed by atoms with Crippen LogP contribution < -0.4 is 0 Å². The molecule has 0 spiro atoms. The number of hydrogen-bond acceptors (Lipinski definition) is 4. The molecular formula is C22H18F6N2O2S2. The van der Waals surface area contributed by atoms with Crippen molar-refractivity contribution in [1.29, 1.82) is 0 Å². The van der Waals surface area contributed by atoms with Gasteiger partial charge in [-0.1, -0.05) is 24.3 Å². The molecule has 0 unspecified atom stereocenters. The van der Waals surface area contributed by atoms with Gasteiger partial charge in [0.2, 0.25) is 11.8 Å². The summed E-state index contributed by atoms with van der Waals surface area (Å²) in [6.07, 6.45) is -9.04. The molecule has 0 aliphatic carbocycles. The first kappa shape index (κ1) is 24.8. The molecule has 0 aromatic heterocycles. The number of alkyl halides is 6. The Morgan fingerprint density at radius 1 is 0.706 bits per heavy atom. The number of halogens is 6. The van der Waals surface area contributed by atoms with Gasteiger partial charge in [0.05, 0.1) is 22.6 Å². The third kappa shape index (κ3) is 5.17. The topological polar surface area (TPSA) is 40.6 Å². The Balaban J connectivity index is 1.52. The lowest BCUT2D eigenvalue weighted by Crippen LogP contribution is -2.39. The van der Waals surface area contributed by atoms with Gasteiger partial charge in [-0.2, -0.15) is 26.3 Å². The molecule has 12 heteroatoms. The zero-order valence-corrected chi connectivity index (χ0v) is 19.0. The molecule has 0 saturated carbocycles. The summed E-state index contributed by atoms with van der Waals surface area (Å²) in [6.45, 7) is 0.100. The fraction of sp³-hybridized carbons (Fsp3) is 0.364. The summed E-state index contributed by atoms with van der Waals surface area (Å²) in [4.78, 5) is 27.8. The van der Waals surface area contributed by atoms with E-state index in [1.165, 1.54) is 57.6 Å². The maximum atomic E-state index is 13.1. The van der Waals surface area contributed by atoms with Gasteiger partial charge >= 0.3 is 12.4 Å². The van der Waals surface area contributed by atoms with Crippen molar-refractivity contribution in [2.75, 3.05) is 24.6 Å². The molecule has 2 aliphatic heterocycles. The molecule has 0 radical (unpaired) electrons. The van der Waals surface area contributed by atoms with E-state index in [2.05, 4.69) is 0 Å². The molecule has 2 aromatic rings. The number of benzene rings is 2. The van der Waals surface area contributed by atoms with Crippen LogP contribution in [0.15, 0.2) is 48.5 Å². The fourth-order valence-electron chi connectivity index (χ4n) is 3.90. The quantitative estimate of drug-likeness (QED) is 0.484. The zero-order chi connectivity index (χ0) is 24.7. The number of thioether (sulfide) groups is 2. The summed E-state index contributed by atoms with van der Waals surface area (Å²) in [5, 5.41) is -1.29. The van der Waals surface area contributed by atoms with Crippen LogP contribution in [-0.4, -0.2) is 46.2 Å². The summed E-state index contributed by atoms with van der Waals surface area (Å²) in [7, 11) is 0. The summed E-state index contributed by atoms with van der Waals surface area (Å²) in [5.74, 6) is -0.383. The smallest absolute Gasteiger partial charge is 0.324 e. The van der Waals surface area contributed by atoms with E-state index in [0.29, 0.717) is 11.1 Å². The van der Waals surface area contributed by atoms with Gasteiger partial charge in [0.25, 0.3) is 0 Å². The monoisotopic (exact) mass is 520 g/mol. The van der Waals surface area contributed by atoms with Crippen molar-refractivity contribution in [2.24, 2.45) is 0 Å². The molecule has 2 atom stereocenters. The molecule has 0 bridgehead atoms. The first-order valence-corrected chi connectivity index (χ1v) is 12.2. The second-order valence-electron chi connectivity index (χ2n) is 7.75. The van der Waals surface area contributed by atoms with E-state index in [0.717, 1.165) is 24.3 Å². The van der Waals surface area contributed by atoms with Crippen LogP contribution >= 0.6 is 23.5 Å². The summed E-state index contributed by atoms with van der Waals surface area (Å²) < 4.78 is 78.8. The number of amides is 2. The molecule has 2 saturated heterocycles. The van der Waals surface area contributed by atoms with Gasteiger partial charge in [0, 0.05) is 13.1 Å². The predicted molar refractivity (Wildman–Crippen MR) is 117 cm³/mol. The van der Waals surface area contributed by atoms with Crippen LogP contribution in [0, 0.1) is 0 Å². The Bertz CT molecular complexity index is 1010. The van der Waals surface area contributed by atoms with E-state index in [4.69, 9.17) is 0 Å². The Morgan fingerprint density at radius 3 is 1.44 bits per heavy atom. The van der Waals surface area contributed by atoms with E-state index >= 15 is 0 Å². The van der Waals surface area contributed by atoms with E-state index < -0.39 is 34.2 Å². The van der Waals surface area contributed by atoms with E-state index in [1.54, 1.807) is 0 Å². The van der Waals surface area contributed by atoms with Crippen LogP contribution in [0.3, 0.4) is 0 Å². The second kappa shape index (κ2) is 9.37. The Labute approximate surface area is 199 Å². The highest BCUT2D eigenvalue weighted by Gasteiger charge is 2.39. The number of carbonyl (C=O) groups excluding carboxylic acids is 2. The van der Waals surface area contributed by atoms with Crippen molar-refractivity contribution in [3.63, 3.8) is 0 Å². The van der Waals surface area contributed by atoms with Gasteiger partial charge in [0.1, 0.15) is 10.7 Å². The molecule has 182 valence electrons. The van der Waals surface area contributed by atoms with Crippen molar-refractivity contribution >= 4 is 35.3 Å². The molecular weight excluding hydrogens is 502 g/mol. The van der Waals surface area contributed by atoms with Crippen molar-refractivity contribution in [2.45, 2.75) is 23.1 Å². The first-order valence-electron chi connectivity index (χ1n) is 10.1. The first-order chi connectivity index (χ1) is 15.9. The molecule has 2 aliphatic rings. The average molecular weight is 521 g/mol. The molecule has 4 nitrogen and oxygen atoms in total. The fourth-order valence-corrected chi connectivity index (χ4v) is 6.31. The highest BCUT2D eigenvalue weighted by molar-refractivity contribution is 8.00. The van der Waals surface area contributed by atoms with Crippen LogP contribution in [0.2, 0.25) is 0 Å². The van der Waals surface area contributed by atoms with Crippen molar-refractivity contribution in [1.82, 2.24) is 9.80 Å². The normalized spacial score (nSPS) is 21.6. The minimum absolute atomic E-state index is 0.0501. The lowest BCUT2D eigenvalue weighted by atomic mass is 10.1. The number of rotatable bonds is 5. The van der Waals surface area contributed by atoms with Gasteiger partial charge in [-0.25, -0.2) is 0 Å². The van der Waals surface area contributed by atoms with Crippen LogP contribution in [0.1, 0.15) is 33.0 Å². The average Bonchev–Trinajstić information content (AvgIpc) is 3.33. The summed E-state index contributed by atoms with van der Waals surface area (Å²) in [6, 6.07) is 9.51. The zero-order valence-electron chi connectivity index (χ0n) is 17.4. The van der Waals surface area contributed by atoms with Crippen molar-refractivity contribution in [3.8, 4) is 0 Å². The van der Waals surface area contributed by atoms with Crippen molar-refractivity contribution < 1.29 is 35.9 Å². The third-order valence-corrected chi connectivity index (χ3v) is 8.03. The Hall–Kier alpha value is -2.34. The highest BCUT2D eigenvalue weighted by atomic mass is 32.2. The standard InChI is InChI=1S/C22H18F6N2O2S2/c23-21(24,25)15-5-1-3-13(9-15)19-29(17(31)11-33-19)7-8-30-18(32)12-34-20(30)14-4-2-6-16(10-14)22(26,27)28/h1-6,9-10,19-20H,7-8,11-12H2/t19-,20-/m1/s1. The van der Waals surface area contributed by atoms with Crippen LogP contribution in [0.25, 0.3) is 0 Å². The summed E-state index contributed by atoms with van der Waals surface area (Å²) in [5.41, 5.74) is -0.995. The lowest BCUT2D eigenvalue weighted by molar-refractivity contribution is -0.138. The number of nitrogens with zero attached hydrogens (tertiary/aromatic N) is 2. The number of hydrogen-bond donors (Lipinski definition) is 0.